The van der Waals surface area contributed by atoms with Crippen LogP contribution in [0, 0.1) is 0 Å². The summed E-state index contributed by atoms with van der Waals surface area (Å²) in [4.78, 5) is 11.9. The van der Waals surface area contributed by atoms with Crippen molar-refractivity contribution < 1.29 is 18.0 Å². The van der Waals surface area contributed by atoms with Gasteiger partial charge in [-0.15, -0.1) is 0 Å². The average molecular weight is 338 g/mol. The third-order valence-electron chi connectivity index (χ3n) is 3.02. The molecule has 1 aromatic carbocycles. The maximum absolute atomic E-state index is 12.1. The first-order valence-corrected chi connectivity index (χ1v) is 8.04. The number of nitrogens with zero attached hydrogens (tertiary/aromatic N) is 1. The lowest BCUT2D eigenvalue weighted by Gasteiger charge is -2.01. The molecule has 1 amide bonds. The predicted molar refractivity (Wildman–Crippen MR) is 86.9 cm³/mol. The number of thioether (sulfide) groups is 1. The second-order valence-electron chi connectivity index (χ2n) is 4.63. The Bertz CT molecular complexity index is 669. The summed E-state index contributed by atoms with van der Waals surface area (Å²) >= 11 is 0.485. The van der Waals surface area contributed by atoms with E-state index in [9.17, 15) is 13.6 Å². The van der Waals surface area contributed by atoms with Gasteiger partial charge in [0.15, 0.2) is 0 Å². The fraction of sp³-hybridized carbons (Fsp3) is 0.250. The minimum atomic E-state index is -2.43. The van der Waals surface area contributed by atoms with E-state index in [2.05, 4.69) is 10.5 Å². The highest BCUT2D eigenvalue weighted by molar-refractivity contribution is 7.98. The molecule has 0 aliphatic heterocycles. The van der Waals surface area contributed by atoms with Crippen molar-refractivity contribution in [1.82, 2.24) is 5.43 Å². The molecule has 1 heterocycles. The summed E-state index contributed by atoms with van der Waals surface area (Å²) in [5, 5.41) is 3.80. The second kappa shape index (κ2) is 8.47. The number of benzene rings is 1. The molecule has 0 aliphatic carbocycles. The minimum Gasteiger partial charge on any atom is -0.459 e. The number of hydrazone groups is 1. The fourth-order valence-electron chi connectivity index (χ4n) is 1.80. The Morgan fingerprint density at radius 3 is 2.70 bits per heavy atom. The van der Waals surface area contributed by atoms with Gasteiger partial charge in [-0.25, -0.2) is 5.43 Å². The van der Waals surface area contributed by atoms with E-state index in [1.54, 1.807) is 24.3 Å². The van der Waals surface area contributed by atoms with Gasteiger partial charge in [-0.3, -0.25) is 4.79 Å². The molecule has 4 nitrogen and oxygen atoms in total. The number of rotatable bonds is 7. The third kappa shape index (κ3) is 5.52. The van der Waals surface area contributed by atoms with Crippen molar-refractivity contribution in [3.63, 3.8) is 0 Å². The largest absolute Gasteiger partial charge is 0.459 e. The van der Waals surface area contributed by atoms with Gasteiger partial charge in [-0.05, 0) is 36.2 Å². The number of carbonyl (C=O) groups is 1. The number of hydrogen-bond acceptors (Lipinski definition) is 4. The minimum absolute atomic E-state index is 0.0850. The highest BCUT2D eigenvalue weighted by Crippen LogP contribution is 2.20. The van der Waals surface area contributed by atoms with Gasteiger partial charge in [-0.2, -0.15) is 13.9 Å². The molecule has 0 fully saturated rings. The molecule has 122 valence electrons. The van der Waals surface area contributed by atoms with E-state index in [0.717, 1.165) is 12.0 Å². The van der Waals surface area contributed by atoms with Crippen molar-refractivity contribution in [3.8, 4) is 0 Å². The lowest BCUT2D eigenvalue weighted by Crippen LogP contribution is -2.17. The van der Waals surface area contributed by atoms with Gasteiger partial charge < -0.3 is 4.42 Å². The summed E-state index contributed by atoms with van der Waals surface area (Å²) in [6.07, 6.45) is 2.24. The van der Waals surface area contributed by atoms with Crippen LogP contribution in [0.1, 0.15) is 34.4 Å². The van der Waals surface area contributed by atoms with Crippen molar-refractivity contribution in [2.24, 2.45) is 5.10 Å². The summed E-state index contributed by atoms with van der Waals surface area (Å²) in [6, 6.07) is 10.4. The Labute approximate surface area is 137 Å². The number of alkyl halides is 2. The molecule has 2 aromatic rings. The number of hydrogen-bond donors (Lipinski definition) is 1. The zero-order chi connectivity index (χ0) is 16.7. The predicted octanol–water partition coefficient (Wildman–Crippen LogP) is 4.06. The molecule has 0 unspecified atom stereocenters. The molecule has 0 spiro atoms. The SMILES string of the molecule is CCc1ccc(C(=O)N/N=C\c2ccc(CSC(F)F)o2)cc1. The number of furan rings is 1. The van der Waals surface area contributed by atoms with E-state index in [-0.39, 0.29) is 11.7 Å². The topological polar surface area (TPSA) is 54.6 Å². The van der Waals surface area contributed by atoms with Crippen LogP contribution in [0.15, 0.2) is 45.9 Å². The molecule has 23 heavy (non-hydrogen) atoms. The van der Waals surface area contributed by atoms with Gasteiger partial charge in [0.1, 0.15) is 11.5 Å². The summed E-state index contributed by atoms with van der Waals surface area (Å²) in [7, 11) is 0. The second-order valence-corrected chi connectivity index (χ2v) is 5.60. The fourth-order valence-corrected chi connectivity index (χ4v) is 2.24. The van der Waals surface area contributed by atoms with E-state index < -0.39 is 5.76 Å². The normalized spacial score (nSPS) is 11.3. The highest BCUT2D eigenvalue weighted by Gasteiger charge is 2.07. The van der Waals surface area contributed by atoms with Gasteiger partial charge in [0.2, 0.25) is 0 Å². The van der Waals surface area contributed by atoms with E-state index in [4.69, 9.17) is 4.42 Å². The van der Waals surface area contributed by atoms with Crippen molar-refractivity contribution in [2.45, 2.75) is 24.9 Å². The Morgan fingerprint density at radius 1 is 1.30 bits per heavy atom. The van der Waals surface area contributed by atoms with Crippen LogP contribution in [0.25, 0.3) is 0 Å². The van der Waals surface area contributed by atoms with Crippen LogP contribution in [-0.4, -0.2) is 17.9 Å². The smallest absolute Gasteiger partial charge is 0.284 e. The van der Waals surface area contributed by atoms with E-state index in [1.807, 2.05) is 19.1 Å². The molecular weight excluding hydrogens is 322 g/mol. The van der Waals surface area contributed by atoms with Crippen molar-refractivity contribution in [3.05, 3.63) is 59.0 Å². The van der Waals surface area contributed by atoms with Crippen molar-refractivity contribution in [2.75, 3.05) is 0 Å². The van der Waals surface area contributed by atoms with Gasteiger partial charge >= 0.3 is 0 Å². The molecule has 0 saturated heterocycles. The molecule has 2 rings (SSSR count). The van der Waals surface area contributed by atoms with Gasteiger partial charge in [0.05, 0.1) is 12.0 Å². The van der Waals surface area contributed by atoms with Gasteiger partial charge in [0.25, 0.3) is 11.7 Å². The van der Waals surface area contributed by atoms with E-state index in [0.29, 0.717) is 28.8 Å². The monoisotopic (exact) mass is 338 g/mol. The molecule has 0 radical (unpaired) electrons. The lowest BCUT2D eigenvalue weighted by molar-refractivity contribution is 0.0955. The molecular formula is C16H16F2N2O2S. The van der Waals surface area contributed by atoms with Crippen LogP contribution in [0.4, 0.5) is 8.78 Å². The Kier molecular flexibility index (Phi) is 6.34. The zero-order valence-corrected chi connectivity index (χ0v) is 13.3. The summed E-state index contributed by atoms with van der Waals surface area (Å²) in [6.45, 7) is 2.04. The molecule has 7 heteroatoms. The lowest BCUT2D eigenvalue weighted by atomic mass is 10.1. The molecule has 0 aliphatic rings. The molecule has 0 atom stereocenters. The van der Waals surface area contributed by atoms with Crippen LogP contribution >= 0.6 is 11.8 Å². The van der Waals surface area contributed by atoms with Crippen LogP contribution in [0.3, 0.4) is 0 Å². The van der Waals surface area contributed by atoms with Crippen LogP contribution in [0.5, 0.6) is 0 Å². The van der Waals surface area contributed by atoms with Crippen LogP contribution in [-0.2, 0) is 12.2 Å². The van der Waals surface area contributed by atoms with Gasteiger partial charge in [-0.1, -0.05) is 30.8 Å². The van der Waals surface area contributed by atoms with Crippen molar-refractivity contribution >= 4 is 23.9 Å². The number of carbonyl (C=O) groups excluding carboxylic acids is 1. The molecule has 0 bridgehead atoms. The summed E-state index contributed by atoms with van der Waals surface area (Å²) in [5.41, 5.74) is 4.04. The third-order valence-corrected chi connectivity index (χ3v) is 3.72. The summed E-state index contributed by atoms with van der Waals surface area (Å²) in [5.74, 6) is -1.86. The maximum atomic E-state index is 12.1. The van der Waals surface area contributed by atoms with Crippen LogP contribution < -0.4 is 5.43 Å². The number of nitrogens with one attached hydrogen (secondary N) is 1. The highest BCUT2D eigenvalue weighted by atomic mass is 32.2. The first-order chi connectivity index (χ1) is 11.1. The van der Waals surface area contributed by atoms with Crippen LogP contribution in [0.2, 0.25) is 0 Å². The van der Waals surface area contributed by atoms with Gasteiger partial charge in [0, 0.05) is 5.56 Å². The Hall–Kier alpha value is -2.15. The first-order valence-electron chi connectivity index (χ1n) is 6.99. The molecule has 0 saturated carbocycles. The number of halogens is 2. The first kappa shape index (κ1) is 17.2. The standard InChI is InChI=1S/C16H16F2N2O2S/c1-2-11-3-5-12(6-4-11)15(21)20-19-9-13-7-8-14(22-13)10-23-16(17)18/h3-9,16H,2,10H2,1H3,(H,20,21)/b19-9-. The van der Waals surface area contributed by atoms with E-state index >= 15 is 0 Å². The average Bonchev–Trinajstić information content (AvgIpc) is 3.01. The maximum Gasteiger partial charge on any atom is 0.284 e. The molecule has 1 N–H and O–H groups in total. The Morgan fingerprint density at radius 2 is 2.04 bits per heavy atom. The number of aryl methyl sites for hydroxylation is 1. The van der Waals surface area contributed by atoms with Crippen molar-refractivity contribution in [1.29, 1.82) is 0 Å². The zero-order valence-electron chi connectivity index (χ0n) is 12.5. The quantitative estimate of drug-likeness (QED) is 0.612. The Balaban J connectivity index is 1.86. The number of amides is 1. The molecule has 1 aromatic heterocycles. The van der Waals surface area contributed by atoms with E-state index in [1.165, 1.54) is 6.21 Å². The summed E-state index contributed by atoms with van der Waals surface area (Å²) < 4.78 is 29.4.